The van der Waals surface area contributed by atoms with Crippen molar-refractivity contribution in [3.63, 3.8) is 0 Å². The van der Waals surface area contributed by atoms with Crippen LogP contribution < -0.4 is 5.73 Å². The van der Waals surface area contributed by atoms with Crippen LogP contribution in [0.3, 0.4) is 0 Å². The van der Waals surface area contributed by atoms with Crippen LogP contribution in [0.2, 0.25) is 0 Å². The Morgan fingerprint density at radius 3 is 2.67 bits per heavy atom. The van der Waals surface area contributed by atoms with Gasteiger partial charge in [0.15, 0.2) is 0 Å². The lowest BCUT2D eigenvalue weighted by molar-refractivity contribution is -0.159. The van der Waals surface area contributed by atoms with Crippen molar-refractivity contribution in [1.82, 2.24) is 0 Å². The number of carbonyl (C=O) groups excluding carboxylic acids is 2. The number of rotatable bonds is 3. The number of nitrogens with two attached hydrogens (primary N) is 1. The van der Waals surface area contributed by atoms with Gasteiger partial charge in [0.05, 0.1) is 12.0 Å². The molecule has 5 nitrogen and oxygen atoms in total. The number of nitrogens with zero attached hydrogens (tertiary/aromatic N) is 1. The van der Waals surface area contributed by atoms with E-state index >= 15 is 0 Å². The average molecular weight is 311 g/mol. The minimum absolute atomic E-state index is 0.583. The molecule has 0 fully saturated rings. The van der Waals surface area contributed by atoms with Gasteiger partial charge in [-0.25, -0.2) is 4.79 Å². The van der Waals surface area contributed by atoms with Gasteiger partial charge in [0.2, 0.25) is 0 Å². The highest BCUT2D eigenvalue weighted by Crippen LogP contribution is 2.22. The lowest BCUT2D eigenvalue weighted by atomic mass is 9.93. The van der Waals surface area contributed by atoms with Crippen LogP contribution in [0, 0.1) is 11.3 Å². The van der Waals surface area contributed by atoms with Crippen LogP contribution in [0.25, 0.3) is 0 Å². The Morgan fingerprint density at radius 2 is 2.17 bits per heavy atom. The molecule has 0 radical (unpaired) electrons. The second-order valence-corrected chi connectivity index (χ2v) is 4.52. The number of ether oxygens (including phenoxy) is 1. The number of nitriles is 1. The molecule has 0 aliphatic heterocycles. The van der Waals surface area contributed by atoms with Crippen molar-refractivity contribution >= 4 is 27.9 Å². The molecule has 2 atom stereocenters. The first kappa shape index (κ1) is 14.4. The summed E-state index contributed by atoms with van der Waals surface area (Å²) in [7, 11) is 0. The van der Waals surface area contributed by atoms with Crippen LogP contribution in [-0.2, 0) is 14.3 Å². The first-order valence-corrected chi connectivity index (χ1v) is 5.88. The normalized spacial score (nSPS) is 13.2. The lowest BCUT2D eigenvalue weighted by Gasteiger charge is -2.15. The van der Waals surface area contributed by atoms with Gasteiger partial charge in [0.1, 0.15) is 6.04 Å². The van der Waals surface area contributed by atoms with Crippen molar-refractivity contribution in [1.29, 1.82) is 5.26 Å². The number of halogens is 1. The maximum atomic E-state index is 11.5. The Labute approximate surface area is 113 Å². The smallest absolute Gasteiger partial charge is 0.332 e. The van der Waals surface area contributed by atoms with Crippen LogP contribution in [0.5, 0.6) is 0 Å². The molecule has 1 unspecified atom stereocenters. The summed E-state index contributed by atoms with van der Waals surface area (Å²) < 4.78 is 5.15. The van der Waals surface area contributed by atoms with Crippen molar-refractivity contribution in [2.75, 3.05) is 0 Å². The molecule has 0 bridgehead atoms. The summed E-state index contributed by atoms with van der Waals surface area (Å²) in [4.78, 5) is 22.2. The van der Waals surface area contributed by atoms with Gasteiger partial charge >= 0.3 is 11.9 Å². The molecular weight excluding hydrogens is 300 g/mol. The first-order valence-electron chi connectivity index (χ1n) is 5.08. The van der Waals surface area contributed by atoms with Gasteiger partial charge < -0.3 is 10.5 Å². The van der Waals surface area contributed by atoms with E-state index in [1.807, 2.05) is 6.07 Å². The fourth-order valence-electron chi connectivity index (χ4n) is 1.41. The van der Waals surface area contributed by atoms with Gasteiger partial charge in [-0.2, -0.15) is 5.26 Å². The van der Waals surface area contributed by atoms with Gasteiger partial charge in [-0.15, -0.1) is 0 Å². The van der Waals surface area contributed by atoms with Crippen LogP contribution in [0.1, 0.15) is 18.4 Å². The number of esters is 2. The summed E-state index contributed by atoms with van der Waals surface area (Å²) >= 11 is 3.27. The molecule has 0 spiro atoms. The summed E-state index contributed by atoms with van der Waals surface area (Å²) in [6.45, 7) is 1.10. The third kappa shape index (κ3) is 3.65. The summed E-state index contributed by atoms with van der Waals surface area (Å²) in [5.74, 6) is -2.52. The molecule has 0 saturated heterocycles. The van der Waals surface area contributed by atoms with Crippen molar-refractivity contribution in [3.05, 3.63) is 34.3 Å². The second-order valence-electron chi connectivity index (χ2n) is 3.60. The van der Waals surface area contributed by atoms with E-state index in [2.05, 4.69) is 20.7 Å². The summed E-state index contributed by atoms with van der Waals surface area (Å²) in [5.41, 5.74) is 6.22. The Bertz CT molecular complexity index is 510. The van der Waals surface area contributed by atoms with Crippen molar-refractivity contribution < 1.29 is 14.3 Å². The Hall–Kier alpha value is -1.71. The molecule has 0 aromatic heterocycles. The lowest BCUT2D eigenvalue weighted by Crippen LogP contribution is -2.38. The van der Waals surface area contributed by atoms with E-state index in [0.717, 1.165) is 11.4 Å². The predicted molar refractivity (Wildman–Crippen MR) is 67.2 cm³/mol. The van der Waals surface area contributed by atoms with Gasteiger partial charge in [0, 0.05) is 11.4 Å². The molecule has 0 saturated carbocycles. The zero-order valence-electron chi connectivity index (χ0n) is 9.59. The van der Waals surface area contributed by atoms with Gasteiger partial charge in [0.25, 0.3) is 0 Å². The number of hydrogen-bond donors (Lipinski definition) is 1. The van der Waals surface area contributed by atoms with Gasteiger partial charge in [-0.1, -0.05) is 28.1 Å². The summed E-state index contributed by atoms with van der Waals surface area (Å²) in [6.07, 6.45) is 0. The molecule has 0 heterocycles. The molecule has 18 heavy (non-hydrogen) atoms. The largest absolute Gasteiger partial charge is 0.392 e. The topological polar surface area (TPSA) is 93.2 Å². The average Bonchev–Trinajstić information content (AvgIpc) is 2.29. The van der Waals surface area contributed by atoms with Gasteiger partial charge in [-0.3, -0.25) is 4.79 Å². The SMILES string of the molecule is CC(=O)OC(=O)[C@@H](N)C(C#N)c1cccc(Br)c1. The molecule has 94 valence electrons. The quantitative estimate of drug-likeness (QED) is 0.674. The van der Waals surface area contributed by atoms with E-state index in [4.69, 9.17) is 11.0 Å². The Kier molecular flexibility index (Phi) is 5.01. The zero-order valence-corrected chi connectivity index (χ0v) is 11.2. The summed E-state index contributed by atoms with van der Waals surface area (Å²) in [5, 5.41) is 9.09. The molecule has 0 amide bonds. The molecule has 2 N–H and O–H groups in total. The zero-order chi connectivity index (χ0) is 13.7. The highest BCUT2D eigenvalue weighted by molar-refractivity contribution is 9.10. The first-order chi connectivity index (χ1) is 8.45. The molecule has 1 aromatic rings. The standard InChI is InChI=1S/C12H11BrN2O3/c1-7(16)18-12(17)11(15)10(6-14)8-3-2-4-9(13)5-8/h2-5,10-11H,15H2,1H3/t10?,11-/m0/s1. The predicted octanol–water partition coefficient (Wildman–Crippen LogP) is 1.47. The van der Waals surface area contributed by atoms with Crippen LogP contribution in [0.4, 0.5) is 0 Å². The molecular formula is C12H11BrN2O3. The number of carbonyl (C=O) groups is 2. The molecule has 6 heteroatoms. The van der Waals surface area contributed by atoms with E-state index in [1.54, 1.807) is 24.3 Å². The van der Waals surface area contributed by atoms with E-state index in [9.17, 15) is 9.59 Å². The minimum atomic E-state index is -1.20. The second kappa shape index (κ2) is 6.28. The van der Waals surface area contributed by atoms with Crippen molar-refractivity contribution in [3.8, 4) is 6.07 Å². The highest BCUT2D eigenvalue weighted by Gasteiger charge is 2.28. The number of hydrogen-bond acceptors (Lipinski definition) is 5. The van der Waals surface area contributed by atoms with E-state index in [1.165, 1.54) is 0 Å². The van der Waals surface area contributed by atoms with Crippen LogP contribution >= 0.6 is 15.9 Å². The fourth-order valence-corrected chi connectivity index (χ4v) is 1.82. The maximum Gasteiger partial charge on any atom is 0.332 e. The third-order valence-electron chi connectivity index (χ3n) is 2.22. The van der Waals surface area contributed by atoms with Gasteiger partial charge in [-0.05, 0) is 17.7 Å². The Balaban J connectivity index is 2.94. The molecule has 1 aromatic carbocycles. The van der Waals surface area contributed by atoms with E-state index in [-0.39, 0.29) is 0 Å². The van der Waals surface area contributed by atoms with E-state index in [0.29, 0.717) is 5.56 Å². The number of benzene rings is 1. The minimum Gasteiger partial charge on any atom is -0.392 e. The van der Waals surface area contributed by atoms with Crippen LogP contribution in [0.15, 0.2) is 28.7 Å². The van der Waals surface area contributed by atoms with Crippen molar-refractivity contribution in [2.45, 2.75) is 18.9 Å². The van der Waals surface area contributed by atoms with Crippen molar-refractivity contribution in [2.24, 2.45) is 5.73 Å². The molecule has 0 aliphatic rings. The Morgan fingerprint density at radius 1 is 1.50 bits per heavy atom. The molecule has 0 aliphatic carbocycles. The fraction of sp³-hybridized carbons (Fsp3) is 0.250. The highest BCUT2D eigenvalue weighted by atomic mass is 79.9. The van der Waals surface area contributed by atoms with Crippen LogP contribution in [-0.4, -0.2) is 18.0 Å². The monoisotopic (exact) mass is 310 g/mol. The summed E-state index contributed by atoms with van der Waals surface area (Å²) in [6, 6.07) is 7.63. The third-order valence-corrected chi connectivity index (χ3v) is 2.72. The molecule has 1 rings (SSSR count). The van der Waals surface area contributed by atoms with E-state index < -0.39 is 23.9 Å². The maximum absolute atomic E-state index is 11.5.